The number of hydrogen-bond acceptors (Lipinski definition) is 5. The summed E-state index contributed by atoms with van der Waals surface area (Å²) in [5.41, 5.74) is 5.80. The Kier molecular flexibility index (Phi) is 8.83. The van der Waals surface area contributed by atoms with E-state index in [0.717, 1.165) is 11.1 Å². The zero-order chi connectivity index (χ0) is 25.4. The van der Waals surface area contributed by atoms with Gasteiger partial charge in [-0.2, -0.15) is 5.10 Å². The number of aryl methyl sites for hydroxylation is 2. The van der Waals surface area contributed by atoms with Crippen molar-refractivity contribution in [2.75, 3.05) is 17.2 Å². The van der Waals surface area contributed by atoms with Gasteiger partial charge in [-0.1, -0.05) is 35.3 Å². The lowest BCUT2D eigenvalue weighted by atomic mass is 10.1. The second-order valence-corrected chi connectivity index (χ2v) is 8.32. The van der Waals surface area contributed by atoms with E-state index < -0.39 is 11.8 Å². The molecule has 3 aromatic rings. The number of carbonyl (C=O) groups is 3. The molecule has 10 heteroatoms. The van der Waals surface area contributed by atoms with Gasteiger partial charge in [0.2, 0.25) is 0 Å². The van der Waals surface area contributed by atoms with Gasteiger partial charge in [0.25, 0.3) is 5.91 Å². The van der Waals surface area contributed by atoms with E-state index in [9.17, 15) is 14.4 Å². The number of hydrogen-bond donors (Lipinski definition) is 3. The van der Waals surface area contributed by atoms with Crippen molar-refractivity contribution in [3.05, 3.63) is 87.4 Å². The summed E-state index contributed by atoms with van der Waals surface area (Å²) in [4.78, 5) is 36.1. The number of benzene rings is 3. The van der Waals surface area contributed by atoms with E-state index in [0.29, 0.717) is 17.0 Å². The van der Waals surface area contributed by atoms with Crippen molar-refractivity contribution in [3.8, 4) is 5.75 Å². The fourth-order valence-electron chi connectivity index (χ4n) is 3.04. The van der Waals surface area contributed by atoms with Gasteiger partial charge < -0.3 is 15.4 Å². The van der Waals surface area contributed by atoms with E-state index in [4.69, 9.17) is 27.9 Å². The molecule has 0 bridgehead atoms. The van der Waals surface area contributed by atoms with E-state index in [-0.39, 0.29) is 28.2 Å². The summed E-state index contributed by atoms with van der Waals surface area (Å²) in [5, 5.41) is 9.30. The number of carbonyl (C=O) groups excluding carboxylic acids is 3. The molecular weight excluding hydrogens is 491 g/mol. The predicted molar refractivity (Wildman–Crippen MR) is 137 cm³/mol. The zero-order valence-electron chi connectivity index (χ0n) is 18.9. The van der Waals surface area contributed by atoms with Gasteiger partial charge in [-0.05, 0) is 79.1 Å². The number of anilines is 2. The lowest BCUT2D eigenvalue weighted by molar-refractivity contribution is -0.136. The smallest absolute Gasteiger partial charge is 0.329 e. The van der Waals surface area contributed by atoms with Gasteiger partial charge in [-0.3, -0.25) is 14.4 Å². The molecule has 0 aliphatic rings. The molecule has 0 radical (unpaired) electrons. The highest BCUT2D eigenvalue weighted by molar-refractivity contribution is 6.45. The molecule has 0 aromatic heterocycles. The van der Waals surface area contributed by atoms with Gasteiger partial charge in [0.05, 0.1) is 21.9 Å². The molecule has 0 unspecified atom stereocenters. The summed E-state index contributed by atoms with van der Waals surface area (Å²) in [6, 6.07) is 17.1. The third-order valence-electron chi connectivity index (χ3n) is 4.54. The summed E-state index contributed by atoms with van der Waals surface area (Å²) in [6.07, 6.45) is 1.36. The van der Waals surface area contributed by atoms with Crippen molar-refractivity contribution in [2.45, 2.75) is 13.8 Å². The van der Waals surface area contributed by atoms with Gasteiger partial charge in [0, 0.05) is 5.69 Å². The topological polar surface area (TPSA) is 109 Å². The van der Waals surface area contributed by atoms with Gasteiger partial charge in [-0.25, -0.2) is 5.43 Å². The summed E-state index contributed by atoms with van der Waals surface area (Å²) < 4.78 is 5.50. The number of nitrogens with one attached hydrogen (secondary N) is 3. The lowest BCUT2D eigenvalue weighted by Gasteiger charge is -2.09. The minimum Gasteiger partial charge on any atom is -0.484 e. The minimum atomic E-state index is -0.980. The Morgan fingerprint density at radius 1 is 0.914 bits per heavy atom. The first-order valence-corrected chi connectivity index (χ1v) is 11.2. The molecule has 0 aliphatic carbocycles. The molecule has 0 heterocycles. The first-order chi connectivity index (χ1) is 16.7. The first-order valence-electron chi connectivity index (χ1n) is 10.4. The molecule has 0 saturated carbocycles. The summed E-state index contributed by atoms with van der Waals surface area (Å²) >= 11 is 11.9. The highest BCUT2D eigenvalue weighted by atomic mass is 35.5. The normalized spacial score (nSPS) is 10.6. The van der Waals surface area contributed by atoms with E-state index in [1.54, 1.807) is 36.4 Å². The SMILES string of the molecule is Cc1cc(C)cc(NC(=O)COc2ccc(/C=N\NC(=O)C(=O)Nc3cccc(Cl)c3Cl)cc2)c1. The van der Waals surface area contributed by atoms with E-state index in [1.165, 1.54) is 12.3 Å². The second kappa shape index (κ2) is 12.0. The number of ether oxygens (including phenoxy) is 1. The van der Waals surface area contributed by atoms with Crippen molar-refractivity contribution in [3.63, 3.8) is 0 Å². The van der Waals surface area contributed by atoms with Gasteiger partial charge >= 0.3 is 11.8 Å². The molecule has 180 valence electrons. The monoisotopic (exact) mass is 512 g/mol. The number of amides is 3. The largest absolute Gasteiger partial charge is 0.484 e. The molecule has 3 rings (SSSR count). The molecule has 3 N–H and O–H groups in total. The number of nitrogens with zero attached hydrogens (tertiary/aromatic N) is 1. The quantitative estimate of drug-likeness (QED) is 0.241. The highest BCUT2D eigenvalue weighted by Crippen LogP contribution is 2.29. The van der Waals surface area contributed by atoms with Gasteiger partial charge in [-0.15, -0.1) is 0 Å². The Morgan fingerprint density at radius 2 is 1.60 bits per heavy atom. The number of halogens is 2. The minimum absolute atomic E-state index is 0.129. The Bertz CT molecular complexity index is 1260. The maximum Gasteiger partial charge on any atom is 0.329 e. The fraction of sp³-hybridized carbons (Fsp3) is 0.120. The van der Waals surface area contributed by atoms with Crippen molar-refractivity contribution < 1.29 is 19.1 Å². The maximum atomic E-state index is 12.1. The van der Waals surface area contributed by atoms with Crippen LogP contribution in [0.1, 0.15) is 16.7 Å². The van der Waals surface area contributed by atoms with E-state index in [2.05, 4.69) is 21.2 Å². The third kappa shape index (κ3) is 7.84. The zero-order valence-corrected chi connectivity index (χ0v) is 20.4. The van der Waals surface area contributed by atoms with Crippen LogP contribution in [0.4, 0.5) is 11.4 Å². The molecule has 0 saturated heterocycles. The first kappa shape index (κ1) is 25.7. The molecule has 0 aliphatic heterocycles. The summed E-state index contributed by atoms with van der Waals surface area (Å²) in [5.74, 6) is -1.72. The second-order valence-electron chi connectivity index (χ2n) is 7.54. The van der Waals surface area contributed by atoms with E-state index in [1.807, 2.05) is 32.0 Å². The highest BCUT2D eigenvalue weighted by Gasteiger charge is 2.15. The van der Waals surface area contributed by atoms with Crippen LogP contribution in [0.25, 0.3) is 0 Å². The van der Waals surface area contributed by atoms with Crippen LogP contribution in [0.15, 0.2) is 65.8 Å². The molecule has 8 nitrogen and oxygen atoms in total. The molecule has 0 spiro atoms. The molecule has 0 atom stereocenters. The molecule has 3 amide bonds. The number of hydrazone groups is 1. The standard InChI is InChI=1S/C25H22Cl2N4O4/c1-15-10-16(2)12-18(11-15)29-22(32)14-35-19-8-6-17(7-9-19)13-28-31-25(34)24(33)30-21-5-3-4-20(26)23(21)27/h3-13H,14H2,1-2H3,(H,29,32)(H,30,33)(H,31,34)/b28-13-. The predicted octanol–water partition coefficient (Wildman–Crippen LogP) is 4.72. The average Bonchev–Trinajstić information content (AvgIpc) is 2.80. The van der Waals surface area contributed by atoms with Gasteiger partial charge in [0.15, 0.2) is 6.61 Å². The van der Waals surface area contributed by atoms with Gasteiger partial charge in [0.1, 0.15) is 5.75 Å². The molecule has 3 aromatic carbocycles. The van der Waals surface area contributed by atoms with Crippen LogP contribution in [0.5, 0.6) is 5.75 Å². The average molecular weight is 513 g/mol. The summed E-state index contributed by atoms with van der Waals surface area (Å²) in [6.45, 7) is 3.77. The van der Waals surface area contributed by atoms with Crippen molar-refractivity contribution in [2.24, 2.45) is 5.10 Å². The summed E-state index contributed by atoms with van der Waals surface area (Å²) in [7, 11) is 0. The Balaban J connectivity index is 1.45. The third-order valence-corrected chi connectivity index (χ3v) is 5.36. The van der Waals surface area contributed by atoms with Crippen LogP contribution in [-0.2, 0) is 14.4 Å². The lowest BCUT2D eigenvalue weighted by Crippen LogP contribution is -2.32. The molecule has 0 fully saturated rings. The van der Waals surface area contributed by atoms with Crippen LogP contribution in [0.3, 0.4) is 0 Å². The van der Waals surface area contributed by atoms with Crippen LogP contribution < -0.4 is 20.8 Å². The molecular formula is C25H22Cl2N4O4. The fourth-order valence-corrected chi connectivity index (χ4v) is 3.39. The Hall–Kier alpha value is -3.88. The van der Waals surface area contributed by atoms with Crippen molar-refractivity contribution >= 4 is 58.5 Å². The Labute approximate surface area is 212 Å². The van der Waals surface area contributed by atoms with Crippen molar-refractivity contribution in [1.82, 2.24) is 5.43 Å². The number of rotatable bonds is 7. The van der Waals surface area contributed by atoms with E-state index >= 15 is 0 Å². The Morgan fingerprint density at radius 3 is 2.29 bits per heavy atom. The maximum absolute atomic E-state index is 12.1. The molecule has 35 heavy (non-hydrogen) atoms. The van der Waals surface area contributed by atoms with Crippen molar-refractivity contribution in [1.29, 1.82) is 0 Å². The van der Waals surface area contributed by atoms with Crippen LogP contribution >= 0.6 is 23.2 Å². The van der Waals surface area contributed by atoms with Crippen LogP contribution in [0.2, 0.25) is 10.0 Å². The van der Waals surface area contributed by atoms with Crippen LogP contribution in [0, 0.1) is 13.8 Å². The van der Waals surface area contributed by atoms with Crippen LogP contribution in [-0.4, -0.2) is 30.5 Å².